The van der Waals surface area contributed by atoms with Gasteiger partial charge >= 0.3 is 0 Å². The van der Waals surface area contributed by atoms with Crippen LogP contribution in [-0.2, 0) is 12.8 Å². The van der Waals surface area contributed by atoms with Crippen LogP contribution in [0, 0.1) is 10.8 Å². The van der Waals surface area contributed by atoms with Crippen molar-refractivity contribution in [3.63, 3.8) is 0 Å². The summed E-state index contributed by atoms with van der Waals surface area (Å²) in [7, 11) is 0. The van der Waals surface area contributed by atoms with Gasteiger partial charge in [0.05, 0.1) is 12.2 Å². The molecule has 3 aromatic rings. The van der Waals surface area contributed by atoms with E-state index in [1.165, 1.54) is 12.0 Å². The quantitative estimate of drug-likeness (QED) is 0.370. The number of aryl methyl sites for hydroxylation is 2. The molecule has 0 bridgehead atoms. The molecular formula is C32H41N5. The highest BCUT2D eigenvalue weighted by Gasteiger charge is 2.40. The average Bonchev–Trinajstić information content (AvgIpc) is 3.36. The van der Waals surface area contributed by atoms with Gasteiger partial charge in [0.25, 0.3) is 0 Å². The van der Waals surface area contributed by atoms with Crippen LogP contribution in [0.15, 0.2) is 65.7 Å². The first-order chi connectivity index (χ1) is 17.7. The fourth-order valence-electron chi connectivity index (χ4n) is 6.47. The van der Waals surface area contributed by atoms with Crippen LogP contribution in [0.1, 0.15) is 76.4 Å². The van der Waals surface area contributed by atoms with Gasteiger partial charge in [-0.25, -0.2) is 9.97 Å². The third kappa shape index (κ3) is 6.76. The molecule has 5 heteroatoms. The first-order valence-electron chi connectivity index (χ1n) is 13.8. The molecule has 2 aromatic carbocycles. The van der Waals surface area contributed by atoms with Gasteiger partial charge < -0.3 is 10.6 Å². The lowest BCUT2D eigenvalue weighted by atomic mass is 9.61. The van der Waals surface area contributed by atoms with Gasteiger partial charge in [0.2, 0.25) is 0 Å². The maximum Gasteiger partial charge on any atom is 0.195 e. The second-order valence-electron chi connectivity index (χ2n) is 12.4. The maximum atomic E-state index is 5.19. The van der Waals surface area contributed by atoms with E-state index in [-0.39, 0.29) is 0 Å². The van der Waals surface area contributed by atoms with E-state index in [9.17, 15) is 0 Å². The first kappa shape index (κ1) is 25.4. The smallest absolute Gasteiger partial charge is 0.195 e. The summed E-state index contributed by atoms with van der Waals surface area (Å²) >= 11 is 0. The largest absolute Gasteiger partial charge is 0.354 e. The predicted molar refractivity (Wildman–Crippen MR) is 154 cm³/mol. The SMILES string of the molecule is CC1(C)CC(c2nc(CCCc3ccccc3)cc(-c3ccc(NC4=NCCN4)cc3)n2)CC(C)(C)C1. The van der Waals surface area contributed by atoms with E-state index in [1.807, 2.05) is 0 Å². The van der Waals surface area contributed by atoms with Crippen molar-refractivity contribution in [3.8, 4) is 11.3 Å². The number of benzene rings is 2. The zero-order valence-corrected chi connectivity index (χ0v) is 22.8. The number of hydrogen-bond acceptors (Lipinski definition) is 5. The Hall–Kier alpha value is -3.21. The highest BCUT2D eigenvalue weighted by Crippen LogP contribution is 2.51. The van der Waals surface area contributed by atoms with Crippen molar-refractivity contribution in [2.45, 2.75) is 72.1 Å². The van der Waals surface area contributed by atoms with Gasteiger partial charge in [-0.1, -0.05) is 70.2 Å². The molecule has 1 aliphatic carbocycles. The summed E-state index contributed by atoms with van der Waals surface area (Å²) in [5, 5.41) is 6.63. The molecule has 1 saturated carbocycles. The summed E-state index contributed by atoms with van der Waals surface area (Å²) in [6, 6.07) is 21.5. The Balaban J connectivity index is 1.41. The van der Waals surface area contributed by atoms with Crippen LogP contribution in [0.2, 0.25) is 0 Å². The third-order valence-electron chi connectivity index (χ3n) is 7.58. The summed E-state index contributed by atoms with van der Waals surface area (Å²) in [6.07, 6.45) is 6.64. The van der Waals surface area contributed by atoms with Crippen LogP contribution in [-0.4, -0.2) is 29.0 Å². The van der Waals surface area contributed by atoms with Gasteiger partial charge in [-0.3, -0.25) is 4.99 Å². The van der Waals surface area contributed by atoms with Gasteiger partial charge in [-0.2, -0.15) is 0 Å². The van der Waals surface area contributed by atoms with Crippen molar-refractivity contribution in [3.05, 3.63) is 77.7 Å². The van der Waals surface area contributed by atoms with Crippen LogP contribution in [0.25, 0.3) is 11.3 Å². The van der Waals surface area contributed by atoms with Gasteiger partial charge in [0.1, 0.15) is 5.82 Å². The monoisotopic (exact) mass is 495 g/mol. The molecule has 2 N–H and O–H groups in total. The van der Waals surface area contributed by atoms with Crippen LogP contribution >= 0.6 is 0 Å². The lowest BCUT2D eigenvalue weighted by Gasteiger charge is -2.44. The topological polar surface area (TPSA) is 62.2 Å². The normalized spacial score (nSPS) is 18.8. The molecule has 0 amide bonds. The molecule has 0 radical (unpaired) electrons. The van der Waals surface area contributed by atoms with Crippen LogP contribution in [0.5, 0.6) is 0 Å². The number of nitrogens with one attached hydrogen (secondary N) is 2. The van der Waals surface area contributed by atoms with E-state index in [4.69, 9.17) is 9.97 Å². The van der Waals surface area contributed by atoms with E-state index in [0.29, 0.717) is 16.7 Å². The van der Waals surface area contributed by atoms with Crippen LogP contribution < -0.4 is 10.6 Å². The molecule has 2 aliphatic rings. The summed E-state index contributed by atoms with van der Waals surface area (Å²) in [4.78, 5) is 14.8. The Morgan fingerprint density at radius 2 is 1.62 bits per heavy atom. The summed E-state index contributed by atoms with van der Waals surface area (Å²) in [5.41, 5.74) is 6.33. The zero-order chi connectivity index (χ0) is 25.9. The van der Waals surface area contributed by atoms with Crippen LogP contribution in [0.4, 0.5) is 5.69 Å². The summed E-state index contributed by atoms with van der Waals surface area (Å²) in [5.74, 6) is 2.26. The predicted octanol–water partition coefficient (Wildman–Crippen LogP) is 7.01. The summed E-state index contributed by atoms with van der Waals surface area (Å²) in [6.45, 7) is 11.3. The van der Waals surface area contributed by atoms with Crippen molar-refractivity contribution in [2.75, 3.05) is 18.4 Å². The lowest BCUT2D eigenvalue weighted by Crippen LogP contribution is -2.33. The van der Waals surface area contributed by atoms with Crippen molar-refractivity contribution < 1.29 is 0 Å². The minimum absolute atomic E-state index is 0.295. The summed E-state index contributed by atoms with van der Waals surface area (Å²) < 4.78 is 0. The van der Waals surface area contributed by atoms with Gasteiger partial charge in [0, 0.05) is 29.4 Å². The van der Waals surface area contributed by atoms with E-state index in [2.05, 4.69) is 104 Å². The molecule has 0 atom stereocenters. The Labute approximate surface area is 222 Å². The van der Waals surface area contributed by atoms with E-state index in [1.54, 1.807) is 0 Å². The molecule has 0 saturated heterocycles. The Morgan fingerprint density at radius 1 is 0.892 bits per heavy atom. The molecule has 1 aliphatic heterocycles. The maximum absolute atomic E-state index is 5.19. The van der Waals surface area contributed by atoms with Crippen molar-refractivity contribution in [2.24, 2.45) is 15.8 Å². The molecule has 0 spiro atoms. The first-order valence-corrected chi connectivity index (χ1v) is 13.8. The zero-order valence-electron chi connectivity index (χ0n) is 22.8. The molecule has 1 fully saturated rings. The average molecular weight is 496 g/mol. The molecule has 5 rings (SSSR count). The van der Waals surface area contributed by atoms with Crippen LogP contribution in [0.3, 0.4) is 0 Å². The van der Waals surface area contributed by atoms with Gasteiger partial charge in [0.15, 0.2) is 5.96 Å². The molecule has 1 aromatic heterocycles. The van der Waals surface area contributed by atoms with E-state index < -0.39 is 0 Å². The second kappa shape index (κ2) is 10.6. The molecular weight excluding hydrogens is 454 g/mol. The molecule has 194 valence electrons. The number of guanidine groups is 1. The van der Waals surface area contributed by atoms with Gasteiger partial charge in [-0.05, 0) is 73.1 Å². The molecule has 2 heterocycles. The minimum Gasteiger partial charge on any atom is -0.354 e. The lowest BCUT2D eigenvalue weighted by molar-refractivity contribution is 0.0940. The highest BCUT2D eigenvalue weighted by molar-refractivity contribution is 5.94. The minimum atomic E-state index is 0.295. The fourth-order valence-corrected chi connectivity index (χ4v) is 6.47. The molecule has 37 heavy (non-hydrogen) atoms. The number of hydrogen-bond donors (Lipinski definition) is 2. The van der Waals surface area contributed by atoms with Crippen molar-refractivity contribution in [1.82, 2.24) is 15.3 Å². The number of rotatable bonds is 7. The Kier molecular flexibility index (Phi) is 7.32. The number of anilines is 1. The van der Waals surface area contributed by atoms with Gasteiger partial charge in [-0.15, -0.1) is 0 Å². The van der Waals surface area contributed by atoms with E-state index in [0.717, 1.165) is 79.6 Å². The van der Waals surface area contributed by atoms with Crippen molar-refractivity contribution in [1.29, 1.82) is 0 Å². The highest BCUT2D eigenvalue weighted by atomic mass is 15.2. The second-order valence-corrected chi connectivity index (χ2v) is 12.4. The Bertz CT molecular complexity index is 1210. The van der Waals surface area contributed by atoms with E-state index >= 15 is 0 Å². The standard InChI is InChI=1S/C32H41N5/c1-31(2)20-25(21-32(3,4)22-31)29-35-27(12-8-11-23-9-6-5-7-10-23)19-28(37-29)24-13-15-26(16-14-24)36-30-33-17-18-34-30/h5-7,9-10,13-16,19,25H,8,11-12,17-18,20-22H2,1-4H3,(H2,33,34,36). The van der Waals surface area contributed by atoms with Crippen molar-refractivity contribution >= 4 is 11.6 Å². The fraction of sp³-hybridized carbons (Fsp3) is 0.469. The number of nitrogens with zero attached hydrogens (tertiary/aromatic N) is 3. The number of aliphatic imine (C=N–C) groups is 1. The number of aromatic nitrogens is 2. The Morgan fingerprint density at radius 3 is 2.30 bits per heavy atom. The third-order valence-corrected chi connectivity index (χ3v) is 7.58. The molecule has 0 unspecified atom stereocenters. The molecule has 5 nitrogen and oxygen atoms in total.